The van der Waals surface area contributed by atoms with Crippen LogP contribution >= 0.6 is 0 Å². The molecule has 0 saturated carbocycles. The van der Waals surface area contributed by atoms with Crippen LogP contribution in [0.5, 0.6) is 5.75 Å². The summed E-state index contributed by atoms with van der Waals surface area (Å²) in [5, 5.41) is 13.4. The minimum absolute atomic E-state index is 0.166. The van der Waals surface area contributed by atoms with Gasteiger partial charge in [-0.2, -0.15) is 0 Å². The highest BCUT2D eigenvalue weighted by molar-refractivity contribution is 6.09. The van der Waals surface area contributed by atoms with Crippen LogP contribution in [0, 0.1) is 11.7 Å². The Hall–Kier alpha value is -3.15. The molecule has 1 amide bonds. The minimum atomic E-state index is -0.777. The molecule has 2 N–H and O–H groups in total. The van der Waals surface area contributed by atoms with Gasteiger partial charge in [0.25, 0.3) is 11.5 Å². The van der Waals surface area contributed by atoms with Crippen molar-refractivity contribution in [2.24, 2.45) is 5.92 Å². The van der Waals surface area contributed by atoms with Crippen molar-refractivity contribution < 1.29 is 14.3 Å². The van der Waals surface area contributed by atoms with Crippen molar-refractivity contribution in [1.82, 2.24) is 4.57 Å². The number of para-hydroxylation sites is 1. The Morgan fingerprint density at radius 3 is 2.62 bits per heavy atom. The number of carbonyl (C=O) groups excluding carboxylic acids is 1. The van der Waals surface area contributed by atoms with E-state index in [4.69, 9.17) is 0 Å². The van der Waals surface area contributed by atoms with Crippen LogP contribution in [-0.2, 0) is 6.54 Å². The first-order valence-electron chi connectivity index (χ1n) is 8.30. The number of aromatic nitrogens is 1. The van der Waals surface area contributed by atoms with Crippen LogP contribution in [0.15, 0.2) is 53.3 Å². The maximum Gasteiger partial charge on any atom is 0.267 e. The maximum absolute atomic E-state index is 13.3. The third kappa shape index (κ3) is 3.31. The van der Waals surface area contributed by atoms with Gasteiger partial charge in [0.1, 0.15) is 17.1 Å². The van der Waals surface area contributed by atoms with Crippen LogP contribution < -0.4 is 10.9 Å². The Morgan fingerprint density at radius 2 is 1.92 bits per heavy atom. The maximum atomic E-state index is 13.3. The lowest BCUT2D eigenvalue weighted by molar-refractivity contribution is 0.102. The van der Waals surface area contributed by atoms with Crippen LogP contribution in [0.3, 0.4) is 0 Å². The molecule has 3 aromatic rings. The Morgan fingerprint density at radius 1 is 1.19 bits per heavy atom. The van der Waals surface area contributed by atoms with Crippen molar-refractivity contribution in [3.8, 4) is 5.75 Å². The van der Waals surface area contributed by atoms with Crippen LogP contribution in [-0.4, -0.2) is 15.6 Å². The number of hydrogen-bond acceptors (Lipinski definition) is 3. The second kappa shape index (κ2) is 7.00. The molecule has 0 bridgehead atoms. The fraction of sp³-hybridized carbons (Fsp3) is 0.200. The molecule has 6 heteroatoms. The number of pyridine rings is 1. The molecule has 0 atom stereocenters. The largest absolute Gasteiger partial charge is 0.506 e. The zero-order valence-corrected chi connectivity index (χ0v) is 14.5. The van der Waals surface area contributed by atoms with Crippen molar-refractivity contribution in [3.63, 3.8) is 0 Å². The van der Waals surface area contributed by atoms with Crippen LogP contribution in [0.2, 0.25) is 0 Å². The average molecular weight is 354 g/mol. The van der Waals surface area contributed by atoms with E-state index in [1.54, 1.807) is 24.3 Å². The summed E-state index contributed by atoms with van der Waals surface area (Å²) in [7, 11) is 0. The number of aromatic hydroxyl groups is 1. The fourth-order valence-electron chi connectivity index (χ4n) is 2.90. The second-order valence-electron chi connectivity index (χ2n) is 6.51. The SMILES string of the molecule is CC(C)Cn1c(=O)c(C(=O)Nc2cccc(F)c2)c(O)c2ccccc21. The molecular weight excluding hydrogens is 335 g/mol. The van der Waals surface area contributed by atoms with Gasteiger partial charge in [-0.25, -0.2) is 4.39 Å². The number of halogens is 1. The Bertz CT molecular complexity index is 1040. The van der Waals surface area contributed by atoms with Gasteiger partial charge in [0.05, 0.1) is 5.52 Å². The van der Waals surface area contributed by atoms with Crippen molar-refractivity contribution in [1.29, 1.82) is 0 Å². The molecule has 0 fully saturated rings. The van der Waals surface area contributed by atoms with Gasteiger partial charge in [0, 0.05) is 17.6 Å². The van der Waals surface area contributed by atoms with E-state index in [1.165, 1.54) is 22.8 Å². The topological polar surface area (TPSA) is 71.3 Å². The Balaban J connectivity index is 2.16. The lowest BCUT2D eigenvalue weighted by Gasteiger charge is -2.16. The average Bonchev–Trinajstić information content (AvgIpc) is 2.58. The molecule has 0 spiro atoms. The highest BCUT2D eigenvalue weighted by atomic mass is 19.1. The first-order chi connectivity index (χ1) is 12.4. The van der Waals surface area contributed by atoms with E-state index in [-0.39, 0.29) is 22.9 Å². The lowest BCUT2D eigenvalue weighted by Crippen LogP contribution is -2.31. The summed E-state index contributed by atoms with van der Waals surface area (Å²) in [5.41, 5.74) is -0.166. The molecule has 0 radical (unpaired) electrons. The van der Waals surface area contributed by atoms with Crippen LogP contribution in [0.25, 0.3) is 10.9 Å². The molecule has 5 nitrogen and oxygen atoms in total. The molecule has 3 rings (SSSR count). The van der Waals surface area contributed by atoms with Gasteiger partial charge in [-0.1, -0.05) is 32.0 Å². The zero-order chi connectivity index (χ0) is 18.8. The van der Waals surface area contributed by atoms with Crippen LogP contribution in [0.4, 0.5) is 10.1 Å². The van der Waals surface area contributed by atoms with Crippen molar-refractivity contribution in [2.45, 2.75) is 20.4 Å². The summed E-state index contributed by atoms with van der Waals surface area (Å²) in [6.45, 7) is 4.32. The molecule has 0 aliphatic heterocycles. The summed E-state index contributed by atoms with van der Waals surface area (Å²) in [5.74, 6) is -1.50. The molecular formula is C20H19FN2O3. The van der Waals surface area contributed by atoms with E-state index < -0.39 is 17.3 Å². The fourth-order valence-corrected chi connectivity index (χ4v) is 2.90. The quantitative estimate of drug-likeness (QED) is 0.749. The molecule has 0 aliphatic carbocycles. The Kier molecular flexibility index (Phi) is 4.75. The van der Waals surface area contributed by atoms with Gasteiger partial charge in [0.15, 0.2) is 0 Å². The van der Waals surface area contributed by atoms with Crippen molar-refractivity contribution >= 4 is 22.5 Å². The van der Waals surface area contributed by atoms with E-state index in [2.05, 4.69) is 5.32 Å². The molecule has 26 heavy (non-hydrogen) atoms. The van der Waals surface area contributed by atoms with Crippen molar-refractivity contribution in [3.05, 3.63) is 70.3 Å². The van der Waals surface area contributed by atoms with Gasteiger partial charge >= 0.3 is 0 Å². The molecule has 2 aromatic carbocycles. The zero-order valence-electron chi connectivity index (χ0n) is 14.5. The second-order valence-corrected chi connectivity index (χ2v) is 6.51. The number of hydrogen-bond donors (Lipinski definition) is 2. The monoisotopic (exact) mass is 354 g/mol. The lowest BCUT2D eigenvalue weighted by atomic mass is 10.1. The van der Waals surface area contributed by atoms with Crippen LogP contribution in [0.1, 0.15) is 24.2 Å². The van der Waals surface area contributed by atoms with E-state index in [1.807, 2.05) is 13.8 Å². The van der Waals surface area contributed by atoms with Crippen molar-refractivity contribution in [2.75, 3.05) is 5.32 Å². The predicted octanol–water partition coefficient (Wildman–Crippen LogP) is 3.75. The predicted molar refractivity (Wildman–Crippen MR) is 99.1 cm³/mol. The molecule has 0 saturated heterocycles. The highest BCUT2D eigenvalue weighted by Crippen LogP contribution is 2.27. The van der Waals surface area contributed by atoms with Gasteiger partial charge in [-0.3, -0.25) is 9.59 Å². The summed E-state index contributed by atoms with van der Waals surface area (Å²) >= 11 is 0. The van der Waals surface area contributed by atoms with Gasteiger partial charge in [-0.05, 0) is 36.2 Å². The first-order valence-corrected chi connectivity index (χ1v) is 8.30. The summed E-state index contributed by atoms with van der Waals surface area (Å²) in [6, 6.07) is 12.2. The number of nitrogens with zero attached hydrogens (tertiary/aromatic N) is 1. The van der Waals surface area contributed by atoms with E-state index >= 15 is 0 Å². The molecule has 0 unspecified atom stereocenters. The smallest absolute Gasteiger partial charge is 0.267 e. The number of carbonyl (C=O) groups is 1. The third-order valence-electron chi connectivity index (χ3n) is 4.00. The summed E-state index contributed by atoms with van der Waals surface area (Å²) in [6.07, 6.45) is 0. The molecule has 1 heterocycles. The summed E-state index contributed by atoms with van der Waals surface area (Å²) in [4.78, 5) is 25.5. The number of anilines is 1. The van der Waals surface area contributed by atoms with E-state index in [0.29, 0.717) is 17.4 Å². The molecule has 134 valence electrons. The number of nitrogens with one attached hydrogen (secondary N) is 1. The highest BCUT2D eigenvalue weighted by Gasteiger charge is 2.22. The van der Waals surface area contributed by atoms with Gasteiger partial charge in [0.2, 0.25) is 0 Å². The molecule has 0 aliphatic rings. The number of rotatable bonds is 4. The van der Waals surface area contributed by atoms with E-state index in [9.17, 15) is 19.1 Å². The summed E-state index contributed by atoms with van der Waals surface area (Å²) < 4.78 is 14.8. The van der Waals surface area contributed by atoms with Gasteiger partial charge in [-0.15, -0.1) is 0 Å². The number of fused-ring (bicyclic) bond motifs is 1. The standard InChI is InChI=1S/C20H19FN2O3/c1-12(2)11-23-16-9-4-3-8-15(16)18(24)17(20(23)26)19(25)22-14-7-5-6-13(21)10-14/h3-10,12,24H,11H2,1-2H3,(H,22,25). The third-order valence-corrected chi connectivity index (χ3v) is 4.00. The van der Waals surface area contributed by atoms with E-state index in [0.717, 1.165) is 6.07 Å². The van der Waals surface area contributed by atoms with Gasteiger partial charge < -0.3 is 15.0 Å². The minimum Gasteiger partial charge on any atom is -0.506 e. The number of amides is 1. The molecule has 1 aromatic heterocycles. The Labute approximate surface area is 149 Å². The normalized spacial score (nSPS) is 11.1. The number of benzene rings is 2. The first kappa shape index (κ1) is 17.7.